The molecule has 1 nitrogen and oxygen atoms in total. The highest BCUT2D eigenvalue weighted by atomic mass is 16.2. The van der Waals surface area contributed by atoms with Crippen LogP contribution in [0.25, 0.3) is 11.1 Å². The number of benzene rings is 2. The minimum absolute atomic E-state index is 0.315. The molecule has 0 aliphatic heterocycles. The fourth-order valence-electron chi connectivity index (χ4n) is 5.21. The van der Waals surface area contributed by atoms with E-state index in [1.807, 2.05) is 0 Å². The molecule has 0 heterocycles. The van der Waals surface area contributed by atoms with Crippen molar-refractivity contribution in [3.63, 3.8) is 0 Å². The summed E-state index contributed by atoms with van der Waals surface area (Å²) >= 11 is 0. The van der Waals surface area contributed by atoms with Crippen LogP contribution in [0, 0.1) is 5.92 Å². The van der Waals surface area contributed by atoms with Crippen LogP contribution in [0.3, 0.4) is 0 Å². The van der Waals surface area contributed by atoms with Gasteiger partial charge in [0.1, 0.15) is 0 Å². The van der Waals surface area contributed by atoms with Gasteiger partial charge in [-0.15, -0.1) is 0 Å². The third-order valence-corrected chi connectivity index (χ3v) is 7.18. The fraction of sp³-hybridized carbons (Fsp3) is 0.586. The smallest absolute Gasteiger partial charge is 0.0431 e. The summed E-state index contributed by atoms with van der Waals surface area (Å²) in [5, 5.41) is 8.95. The van der Waals surface area contributed by atoms with Crippen LogP contribution in [0.5, 0.6) is 0 Å². The molecule has 1 saturated carbocycles. The lowest BCUT2D eigenvalue weighted by atomic mass is 9.77. The van der Waals surface area contributed by atoms with Gasteiger partial charge in [-0.05, 0) is 91.0 Å². The zero-order chi connectivity index (χ0) is 21.2. The van der Waals surface area contributed by atoms with Gasteiger partial charge in [-0.2, -0.15) is 0 Å². The van der Waals surface area contributed by atoms with Crippen LogP contribution in [0.4, 0.5) is 0 Å². The van der Waals surface area contributed by atoms with Gasteiger partial charge in [0, 0.05) is 6.61 Å². The lowest BCUT2D eigenvalue weighted by Crippen LogP contribution is -2.13. The quantitative estimate of drug-likeness (QED) is 0.374. The summed E-state index contributed by atoms with van der Waals surface area (Å²) in [6, 6.07) is 16.5. The van der Waals surface area contributed by atoms with E-state index in [1.54, 1.807) is 5.56 Å². The van der Waals surface area contributed by atoms with E-state index in [1.165, 1.54) is 73.6 Å². The molecular weight excluding hydrogens is 364 g/mol. The average molecular weight is 407 g/mol. The third kappa shape index (κ3) is 6.45. The molecule has 164 valence electrons. The zero-order valence-corrected chi connectivity index (χ0v) is 19.3. The largest absolute Gasteiger partial charge is 0.396 e. The Hall–Kier alpha value is -1.60. The fourth-order valence-corrected chi connectivity index (χ4v) is 5.21. The van der Waals surface area contributed by atoms with Gasteiger partial charge in [0.15, 0.2) is 0 Å². The molecule has 0 bridgehead atoms. The van der Waals surface area contributed by atoms with E-state index in [9.17, 15) is 0 Å². The number of aliphatic hydroxyl groups excluding tert-OH is 1. The van der Waals surface area contributed by atoms with E-state index < -0.39 is 0 Å². The topological polar surface area (TPSA) is 20.2 Å². The van der Waals surface area contributed by atoms with Crippen LogP contribution in [-0.2, 0) is 12.8 Å². The highest BCUT2D eigenvalue weighted by Gasteiger charge is 2.22. The first-order valence-corrected chi connectivity index (χ1v) is 12.6. The van der Waals surface area contributed by atoms with Crippen LogP contribution >= 0.6 is 0 Å². The second-order valence-corrected chi connectivity index (χ2v) is 9.36. The van der Waals surface area contributed by atoms with E-state index in [0.717, 1.165) is 37.5 Å². The first kappa shape index (κ1) is 23.1. The third-order valence-electron chi connectivity index (χ3n) is 7.18. The normalized spacial score (nSPS) is 19.2. The minimum Gasteiger partial charge on any atom is -0.396 e. The molecule has 1 N–H and O–H groups in total. The predicted octanol–water partition coefficient (Wildman–Crippen LogP) is 8.09. The SMILES string of the molecule is CCCCC1CCC(c2ccc(-c3ccc(CCCCCO)cc3CC)cc2)CC1. The number of rotatable bonds is 11. The molecule has 2 aromatic rings. The Bertz CT molecular complexity index is 737. The summed E-state index contributed by atoms with van der Waals surface area (Å²) in [7, 11) is 0. The molecule has 0 saturated heterocycles. The minimum atomic E-state index is 0.315. The second-order valence-electron chi connectivity index (χ2n) is 9.36. The van der Waals surface area contributed by atoms with E-state index in [4.69, 9.17) is 5.11 Å². The van der Waals surface area contributed by atoms with E-state index in [-0.39, 0.29) is 0 Å². The van der Waals surface area contributed by atoms with Crippen molar-refractivity contribution < 1.29 is 5.11 Å². The van der Waals surface area contributed by atoms with Gasteiger partial charge in [-0.25, -0.2) is 0 Å². The Kier molecular flexibility index (Phi) is 9.46. The number of aliphatic hydroxyl groups is 1. The molecule has 0 aromatic heterocycles. The molecule has 1 heteroatoms. The Morgan fingerprint density at radius 2 is 1.60 bits per heavy atom. The zero-order valence-electron chi connectivity index (χ0n) is 19.3. The number of aryl methyl sites for hydroxylation is 2. The van der Waals surface area contributed by atoms with Gasteiger partial charge in [0.05, 0.1) is 0 Å². The Morgan fingerprint density at radius 1 is 0.833 bits per heavy atom. The van der Waals surface area contributed by atoms with Crippen LogP contribution < -0.4 is 0 Å². The summed E-state index contributed by atoms with van der Waals surface area (Å²) in [5.41, 5.74) is 7.19. The number of unbranched alkanes of at least 4 members (excludes halogenated alkanes) is 3. The first-order chi connectivity index (χ1) is 14.7. The average Bonchev–Trinajstić information content (AvgIpc) is 2.81. The van der Waals surface area contributed by atoms with Crippen LogP contribution in [0.1, 0.15) is 101 Å². The van der Waals surface area contributed by atoms with Crippen molar-refractivity contribution >= 4 is 0 Å². The van der Waals surface area contributed by atoms with E-state index in [2.05, 4.69) is 56.3 Å². The molecule has 1 fully saturated rings. The van der Waals surface area contributed by atoms with Gasteiger partial charge in [-0.1, -0.05) is 82.0 Å². The van der Waals surface area contributed by atoms with Gasteiger partial charge in [0.25, 0.3) is 0 Å². The van der Waals surface area contributed by atoms with Crippen molar-refractivity contribution in [2.24, 2.45) is 5.92 Å². The highest BCUT2D eigenvalue weighted by molar-refractivity contribution is 5.68. The van der Waals surface area contributed by atoms with Crippen molar-refractivity contribution in [2.75, 3.05) is 6.61 Å². The molecule has 1 aliphatic carbocycles. The van der Waals surface area contributed by atoms with Crippen LogP contribution in [0.15, 0.2) is 42.5 Å². The van der Waals surface area contributed by atoms with Crippen molar-refractivity contribution in [1.82, 2.24) is 0 Å². The summed E-state index contributed by atoms with van der Waals surface area (Å²) in [5.74, 6) is 1.75. The molecule has 1 aliphatic rings. The Balaban J connectivity index is 1.61. The maximum atomic E-state index is 8.95. The summed E-state index contributed by atoms with van der Waals surface area (Å²) in [4.78, 5) is 0. The van der Waals surface area contributed by atoms with E-state index >= 15 is 0 Å². The van der Waals surface area contributed by atoms with Crippen LogP contribution in [-0.4, -0.2) is 11.7 Å². The summed E-state index contributed by atoms with van der Waals surface area (Å²) in [6.45, 7) is 4.89. The van der Waals surface area contributed by atoms with Crippen molar-refractivity contribution in [3.05, 3.63) is 59.2 Å². The van der Waals surface area contributed by atoms with Crippen molar-refractivity contribution in [3.8, 4) is 11.1 Å². The molecule has 0 spiro atoms. The number of hydrogen-bond donors (Lipinski definition) is 1. The summed E-state index contributed by atoms with van der Waals surface area (Å²) < 4.78 is 0. The van der Waals surface area contributed by atoms with Gasteiger partial charge in [0.2, 0.25) is 0 Å². The highest BCUT2D eigenvalue weighted by Crippen LogP contribution is 2.38. The molecule has 0 unspecified atom stereocenters. The Labute approximate surface area is 184 Å². The number of hydrogen-bond acceptors (Lipinski definition) is 1. The second kappa shape index (κ2) is 12.3. The van der Waals surface area contributed by atoms with Crippen LogP contribution in [0.2, 0.25) is 0 Å². The summed E-state index contributed by atoms with van der Waals surface area (Å²) in [6.07, 6.45) is 15.2. The van der Waals surface area contributed by atoms with Gasteiger partial charge in [-0.3, -0.25) is 0 Å². The molecule has 0 atom stereocenters. The maximum Gasteiger partial charge on any atom is 0.0431 e. The Morgan fingerprint density at radius 3 is 2.27 bits per heavy atom. The predicted molar refractivity (Wildman–Crippen MR) is 130 cm³/mol. The lowest BCUT2D eigenvalue weighted by molar-refractivity contribution is 0.283. The monoisotopic (exact) mass is 406 g/mol. The molecular formula is C29H42O. The standard InChI is InChI=1S/C29H42O/c1-3-5-9-23-11-14-26(15-12-23)27-16-18-28(19-17-27)29-20-13-24(22-25(29)4-2)10-7-6-8-21-30/h13,16-20,22-23,26,30H,3-12,14-15,21H2,1-2H3. The molecule has 0 amide bonds. The van der Waals surface area contributed by atoms with Crippen molar-refractivity contribution in [1.29, 1.82) is 0 Å². The van der Waals surface area contributed by atoms with E-state index in [0.29, 0.717) is 6.61 Å². The van der Waals surface area contributed by atoms with Crippen molar-refractivity contribution in [2.45, 2.75) is 96.8 Å². The maximum absolute atomic E-state index is 8.95. The molecule has 30 heavy (non-hydrogen) atoms. The lowest BCUT2D eigenvalue weighted by Gasteiger charge is -2.29. The van der Waals surface area contributed by atoms with Gasteiger partial charge >= 0.3 is 0 Å². The molecule has 2 aromatic carbocycles. The molecule has 0 radical (unpaired) electrons. The first-order valence-electron chi connectivity index (χ1n) is 12.6. The molecule has 3 rings (SSSR count). The van der Waals surface area contributed by atoms with Gasteiger partial charge < -0.3 is 5.11 Å².